The van der Waals surface area contributed by atoms with Gasteiger partial charge in [-0.05, 0) is 44.6 Å². The number of benzene rings is 1. The van der Waals surface area contributed by atoms with Crippen molar-refractivity contribution in [3.05, 3.63) is 35.4 Å². The van der Waals surface area contributed by atoms with E-state index in [0.717, 1.165) is 52.1 Å². The Balaban J connectivity index is 1.55. The highest BCUT2D eigenvalue weighted by atomic mass is 19.4. The Hall–Kier alpha value is -1.11. The van der Waals surface area contributed by atoms with Crippen molar-refractivity contribution in [3.8, 4) is 0 Å². The summed E-state index contributed by atoms with van der Waals surface area (Å²) in [5.74, 6) is 0. The molecule has 2 aliphatic rings. The molecule has 1 aromatic carbocycles. The Morgan fingerprint density at radius 2 is 1.58 bits per heavy atom. The van der Waals surface area contributed by atoms with Gasteiger partial charge in [-0.25, -0.2) is 0 Å². The van der Waals surface area contributed by atoms with Crippen LogP contribution in [0.4, 0.5) is 13.2 Å². The van der Waals surface area contributed by atoms with Crippen LogP contribution >= 0.6 is 0 Å². The topological polar surface area (TPSA) is 9.72 Å². The Morgan fingerprint density at radius 1 is 0.958 bits per heavy atom. The zero-order valence-electron chi connectivity index (χ0n) is 14.2. The molecule has 2 heterocycles. The van der Waals surface area contributed by atoms with Gasteiger partial charge >= 0.3 is 6.18 Å². The predicted molar refractivity (Wildman–Crippen MR) is 88.8 cm³/mol. The molecule has 0 unspecified atom stereocenters. The van der Waals surface area contributed by atoms with E-state index in [-0.39, 0.29) is 0 Å². The smallest absolute Gasteiger partial charge is 0.304 e. The van der Waals surface area contributed by atoms with E-state index in [9.17, 15) is 13.2 Å². The third-order valence-corrected chi connectivity index (χ3v) is 5.33. The first-order chi connectivity index (χ1) is 11.4. The van der Waals surface area contributed by atoms with Gasteiger partial charge in [-0.3, -0.25) is 9.80 Å². The largest absolute Gasteiger partial charge is 0.416 e. The number of hydrogen-bond donors (Lipinski definition) is 0. The molecule has 0 bridgehead atoms. The second kappa shape index (κ2) is 7.42. The fraction of sp³-hybridized carbons (Fsp3) is 0.667. The summed E-state index contributed by atoms with van der Waals surface area (Å²) in [5, 5.41) is 0. The van der Waals surface area contributed by atoms with Gasteiger partial charge in [0.25, 0.3) is 0 Å². The summed E-state index contributed by atoms with van der Waals surface area (Å²) >= 11 is 0. The monoisotopic (exact) mass is 341 g/mol. The van der Waals surface area contributed by atoms with Gasteiger partial charge in [0.2, 0.25) is 0 Å². The van der Waals surface area contributed by atoms with Crippen LogP contribution in [0.3, 0.4) is 0 Å². The SMILES string of the molecule is CN1CCN(C2CCN(Cc3ccccc3C(F)(F)F)CC2)CC1. The van der Waals surface area contributed by atoms with Crippen molar-refractivity contribution < 1.29 is 13.2 Å². The fourth-order valence-corrected chi connectivity index (χ4v) is 3.81. The molecule has 6 heteroatoms. The molecule has 134 valence electrons. The molecule has 0 spiro atoms. The number of hydrogen-bond acceptors (Lipinski definition) is 3. The van der Waals surface area contributed by atoms with E-state index < -0.39 is 11.7 Å². The fourth-order valence-electron chi connectivity index (χ4n) is 3.81. The highest BCUT2D eigenvalue weighted by Gasteiger charge is 2.34. The number of likely N-dealkylation sites (N-methyl/N-ethyl adjacent to an activating group) is 1. The maximum atomic E-state index is 13.1. The van der Waals surface area contributed by atoms with Crippen molar-refractivity contribution >= 4 is 0 Å². The molecule has 0 N–H and O–H groups in total. The van der Waals surface area contributed by atoms with Crippen LogP contribution in [0.15, 0.2) is 24.3 Å². The normalized spacial score (nSPS) is 22.8. The minimum atomic E-state index is -4.27. The van der Waals surface area contributed by atoms with E-state index in [2.05, 4.69) is 21.7 Å². The summed E-state index contributed by atoms with van der Waals surface area (Å²) in [5.41, 5.74) is -0.103. The molecule has 0 aliphatic carbocycles. The molecule has 24 heavy (non-hydrogen) atoms. The van der Waals surface area contributed by atoms with Crippen LogP contribution in [0.25, 0.3) is 0 Å². The van der Waals surface area contributed by atoms with Gasteiger partial charge in [-0.2, -0.15) is 13.2 Å². The second-order valence-corrected chi connectivity index (χ2v) is 7.00. The molecule has 0 radical (unpaired) electrons. The lowest BCUT2D eigenvalue weighted by atomic mass is 10.0. The zero-order chi connectivity index (χ0) is 17.2. The molecule has 2 aliphatic heterocycles. The van der Waals surface area contributed by atoms with E-state index in [1.54, 1.807) is 12.1 Å². The Morgan fingerprint density at radius 3 is 2.21 bits per heavy atom. The Bertz CT molecular complexity index is 531. The van der Waals surface area contributed by atoms with E-state index >= 15 is 0 Å². The summed E-state index contributed by atoms with van der Waals surface area (Å²) < 4.78 is 39.3. The molecule has 0 amide bonds. The first-order valence-corrected chi connectivity index (χ1v) is 8.73. The third kappa shape index (κ3) is 4.29. The maximum absolute atomic E-state index is 13.1. The van der Waals surface area contributed by atoms with Gasteiger partial charge in [-0.15, -0.1) is 0 Å². The minimum Gasteiger partial charge on any atom is -0.304 e. The maximum Gasteiger partial charge on any atom is 0.416 e. The molecule has 0 saturated carbocycles. The highest BCUT2D eigenvalue weighted by molar-refractivity contribution is 5.29. The second-order valence-electron chi connectivity index (χ2n) is 7.00. The highest BCUT2D eigenvalue weighted by Crippen LogP contribution is 2.32. The minimum absolute atomic E-state index is 0.392. The summed E-state index contributed by atoms with van der Waals surface area (Å²) in [7, 11) is 2.15. The number of halogens is 3. The van der Waals surface area contributed by atoms with Crippen LogP contribution in [0, 0.1) is 0 Å². The van der Waals surface area contributed by atoms with Gasteiger partial charge in [0.1, 0.15) is 0 Å². The van der Waals surface area contributed by atoms with Crippen molar-refractivity contribution in [2.45, 2.75) is 31.6 Å². The van der Waals surface area contributed by atoms with Crippen LogP contribution in [0.2, 0.25) is 0 Å². The molecule has 3 rings (SSSR count). The van der Waals surface area contributed by atoms with Crippen LogP contribution in [-0.2, 0) is 12.7 Å². The quantitative estimate of drug-likeness (QED) is 0.837. The third-order valence-electron chi connectivity index (χ3n) is 5.33. The number of likely N-dealkylation sites (tertiary alicyclic amines) is 1. The standard InChI is InChI=1S/C18H26F3N3/c1-22-10-12-24(13-11-22)16-6-8-23(9-7-16)14-15-4-2-3-5-17(15)18(19,20)21/h2-5,16H,6-14H2,1H3. The molecule has 0 aromatic heterocycles. The lowest BCUT2D eigenvalue weighted by molar-refractivity contribution is -0.138. The Kier molecular flexibility index (Phi) is 5.47. The first-order valence-electron chi connectivity index (χ1n) is 8.73. The molecule has 3 nitrogen and oxygen atoms in total. The Labute approximate surface area is 142 Å². The molecule has 0 atom stereocenters. The van der Waals surface area contributed by atoms with Gasteiger partial charge in [0.15, 0.2) is 0 Å². The first kappa shape index (κ1) is 17.7. The summed E-state index contributed by atoms with van der Waals surface area (Å²) in [6, 6.07) is 6.54. The molecule has 2 fully saturated rings. The average Bonchev–Trinajstić information content (AvgIpc) is 2.56. The van der Waals surface area contributed by atoms with Crippen molar-refractivity contribution in [2.24, 2.45) is 0 Å². The number of nitrogens with zero attached hydrogens (tertiary/aromatic N) is 3. The number of rotatable bonds is 3. The molecular weight excluding hydrogens is 315 g/mol. The van der Waals surface area contributed by atoms with E-state index in [1.807, 2.05) is 0 Å². The van der Waals surface area contributed by atoms with E-state index in [0.29, 0.717) is 18.2 Å². The van der Waals surface area contributed by atoms with Crippen molar-refractivity contribution in [3.63, 3.8) is 0 Å². The molecular formula is C18H26F3N3. The predicted octanol–water partition coefficient (Wildman–Crippen LogP) is 2.92. The van der Waals surface area contributed by atoms with Crippen LogP contribution in [-0.4, -0.2) is 67.1 Å². The van der Waals surface area contributed by atoms with E-state index in [4.69, 9.17) is 0 Å². The van der Waals surface area contributed by atoms with Gasteiger partial charge in [-0.1, -0.05) is 18.2 Å². The van der Waals surface area contributed by atoms with Crippen molar-refractivity contribution in [1.82, 2.24) is 14.7 Å². The summed E-state index contributed by atoms with van der Waals surface area (Å²) in [6.07, 6.45) is -2.16. The summed E-state index contributed by atoms with van der Waals surface area (Å²) in [4.78, 5) is 7.07. The van der Waals surface area contributed by atoms with E-state index in [1.165, 1.54) is 12.1 Å². The van der Waals surface area contributed by atoms with Crippen LogP contribution < -0.4 is 0 Å². The number of alkyl halides is 3. The number of piperidine rings is 1. The van der Waals surface area contributed by atoms with Crippen LogP contribution in [0.5, 0.6) is 0 Å². The van der Waals surface area contributed by atoms with Crippen LogP contribution in [0.1, 0.15) is 24.0 Å². The van der Waals surface area contributed by atoms with Crippen molar-refractivity contribution in [1.29, 1.82) is 0 Å². The van der Waals surface area contributed by atoms with Crippen molar-refractivity contribution in [2.75, 3.05) is 46.3 Å². The lowest BCUT2D eigenvalue weighted by Gasteiger charge is -2.42. The average molecular weight is 341 g/mol. The summed E-state index contributed by atoms with van der Waals surface area (Å²) in [6.45, 7) is 6.59. The zero-order valence-corrected chi connectivity index (χ0v) is 14.2. The van der Waals surface area contributed by atoms with Gasteiger partial charge < -0.3 is 4.90 Å². The molecule has 2 saturated heterocycles. The lowest BCUT2D eigenvalue weighted by Crippen LogP contribution is -2.52. The van der Waals surface area contributed by atoms with Gasteiger partial charge in [0, 0.05) is 38.8 Å². The van der Waals surface area contributed by atoms with Gasteiger partial charge in [0.05, 0.1) is 5.56 Å². The number of piperazine rings is 1. The molecule has 1 aromatic rings.